The van der Waals surface area contributed by atoms with Gasteiger partial charge in [-0.25, -0.2) is 9.78 Å². The number of carboxylic acid groups (broad SMARTS) is 1. The molecule has 46 heavy (non-hydrogen) atoms. The molecular formula is C37H41N3O5S. The number of nitrogens with zero attached hydrogens (tertiary/aromatic N) is 2. The molecule has 8 nitrogen and oxygen atoms in total. The molecule has 0 aliphatic heterocycles. The molecule has 2 N–H and O–H groups in total. The van der Waals surface area contributed by atoms with E-state index in [9.17, 15) is 14.4 Å². The molecule has 1 aliphatic rings. The van der Waals surface area contributed by atoms with Gasteiger partial charge in [0.15, 0.2) is 6.61 Å². The van der Waals surface area contributed by atoms with Crippen molar-refractivity contribution in [3.05, 3.63) is 107 Å². The van der Waals surface area contributed by atoms with Crippen LogP contribution in [0.5, 0.6) is 5.75 Å². The molecule has 1 heterocycles. The molecular weight excluding hydrogens is 598 g/mol. The lowest BCUT2D eigenvalue weighted by molar-refractivity contribution is -0.139. The number of carboxylic acids is 1. The number of ether oxygens (including phenoxy) is 1. The summed E-state index contributed by atoms with van der Waals surface area (Å²) >= 11 is 1.53. The number of carbonyl (C=O) groups is 3. The first kappa shape index (κ1) is 32.9. The van der Waals surface area contributed by atoms with Gasteiger partial charge in [-0.15, -0.1) is 11.3 Å². The third-order valence-corrected chi connectivity index (χ3v) is 9.18. The van der Waals surface area contributed by atoms with Gasteiger partial charge in [0.1, 0.15) is 10.8 Å². The van der Waals surface area contributed by atoms with Gasteiger partial charge in [-0.1, -0.05) is 73.9 Å². The van der Waals surface area contributed by atoms with E-state index in [1.54, 1.807) is 12.1 Å². The van der Waals surface area contributed by atoms with Crippen molar-refractivity contribution in [1.82, 2.24) is 15.2 Å². The molecule has 3 aromatic carbocycles. The van der Waals surface area contributed by atoms with Crippen molar-refractivity contribution < 1.29 is 24.2 Å². The van der Waals surface area contributed by atoms with Gasteiger partial charge in [0.05, 0.1) is 12.2 Å². The minimum atomic E-state index is -1.03. The van der Waals surface area contributed by atoms with E-state index >= 15 is 0 Å². The fraction of sp³-hybridized carbons (Fsp3) is 0.351. The van der Waals surface area contributed by atoms with E-state index in [0.717, 1.165) is 66.8 Å². The maximum Gasteiger partial charge on any atom is 0.341 e. The maximum atomic E-state index is 13.7. The first-order chi connectivity index (χ1) is 22.4. The summed E-state index contributed by atoms with van der Waals surface area (Å²) in [5.74, 6) is -0.464. The molecule has 0 atom stereocenters. The Bertz CT molecular complexity index is 1560. The van der Waals surface area contributed by atoms with Gasteiger partial charge in [0.2, 0.25) is 5.91 Å². The average molecular weight is 640 g/mol. The Labute approximate surface area is 274 Å². The third kappa shape index (κ3) is 9.75. The van der Waals surface area contributed by atoms with Crippen molar-refractivity contribution in [3.8, 4) is 16.3 Å². The summed E-state index contributed by atoms with van der Waals surface area (Å²) in [4.78, 5) is 43.9. The van der Waals surface area contributed by atoms with Crippen LogP contribution in [0.3, 0.4) is 0 Å². The second-order valence-corrected chi connectivity index (χ2v) is 12.6. The van der Waals surface area contributed by atoms with Gasteiger partial charge in [0.25, 0.3) is 5.91 Å². The maximum absolute atomic E-state index is 13.7. The molecule has 0 spiro atoms. The molecule has 1 saturated carbocycles. The summed E-state index contributed by atoms with van der Waals surface area (Å²) in [6.07, 6.45) is 8.09. The highest BCUT2D eigenvalue weighted by molar-refractivity contribution is 7.13. The summed E-state index contributed by atoms with van der Waals surface area (Å²) in [5.41, 5.74) is 4.62. The summed E-state index contributed by atoms with van der Waals surface area (Å²) in [7, 11) is 0. The quantitative estimate of drug-likeness (QED) is 0.134. The van der Waals surface area contributed by atoms with E-state index in [1.807, 2.05) is 64.9 Å². The number of aryl methyl sites for hydroxylation is 1. The highest BCUT2D eigenvalue weighted by Crippen LogP contribution is 2.29. The van der Waals surface area contributed by atoms with Crippen LogP contribution in [0, 0.1) is 5.92 Å². The molecule has 1 aliphatic carbocycles. The molecule has 1 fully saturated rings. The lowest BCUT2D eigenvalue weighted by atomic mass is 9.88. The fourth-order valence-corrected chi connectivity index (χ4v) is 6.57. The molecule has 0 saturated heterocycles. The third-order valence-electron chi connectivity index (χ3n) is 8.24. The summed E-state index contributed by atoms with van der Waals surface area (Å²) in [6.45, 7) is 1.07. The van der Waals surface area contributed by atoms with Crippen LogP contribution in [0.1, 0.15) is 72.1 Å². The zero-order valence-electron chi connectivity index (χ0n) is 26.0. The van der Waals surface area contributed by atoms with Crippen molar-refractivity contribution >= 4 is 29.1 Å². The Hall–Kier alpha value is -4.50. The predicted molar refractivity (Wildman–Crippen MR) is 180 cm³/mol. The average Bonchev–Trinajstić information content (AvgIpc) is 3.56. The molecule has 0 radical (unpaired) electrons. The molecule has 0 bridgehead atoms. The van der Waals surface area contributed by atoms with Crippen molar-refractivity contribution in [2.75, 3.05) is 13.2 Å². The molecule has 1 aromatic heterocycles. The molecule has 2 amide bonds. The van der Waals surface area contributed by atoms with Crippen LogP contribution in [0.15, 0.2) is 84.2 Å². The van der Waals surface area contributed by atoms with Gasteiger partial charge in [0, 0.05) is 35.5 Å². The summed E-state index contributed by atoms with van der Waals surface area (Å²) in [5, 5.41) is 14.7. The Kier molecular flexibility index (Phi) is 11.9. The number of carbonyl (C=O) groups excluding carboxylic acids is 2. The first-order valence-electron chi connectivity index (χ1n) is 16.0. The van der Waals surface area contributed by atoms with Gasteiger partial charge in [-0.3, -0.25) is 9.59 Å². The molecule has 0 unspecified atom stereocenters. The Morgan fingerprint density at radius 2 is 1.61 bits per heavy atom. The SMILES string of the molecule is O=C(O)COc1ccc(CN(Cc2csc(-c3ccc(C(=O)NCCCCc4ccccc4)cc3)n2)C(=O)C2CCCCC2)cc1. The monoisotopic (exact) mass is 639 g/mol. The Morgan fingerprint density at radius 1 is 0.870 bits per heavy atom. The van der Waals surface area contributed by atoms with Crippen molar-refractivity contribution in [3.63, 3.8) is 0 Å². The van der Waals surface area contributed by atoms with Gasteiger partial charge >= 0.3 is 5.97 Å². The Balaban J connectivity index is 1.17. The van der Waals surface area contributed by atoms with Gasteiger partial charge < -0.3 is 20.1 Å². The number of hydrogen-bond acceptors (Lipinski definition) is 6. The fourth-order valence-electron chi connectivity index (χ4n) is 5.75. The lowest BCUT2D eigenvalue weighted by Crippen LogP contribution is -2.36. The number of nitrogens with one attached hydrogen (secondary N) is 1. The normalized spacial score (nSPS) is 13.2. The minimum absolute atomic E-state index is 0.0209. The lowest BCUT2D eigenvalue weighted by Gasteiger charge is -2.29. The first-order valence-corrected chi connectivity index (χ1v) is 16.9. The number of aliphatic carboxylic acids is 1. The van der Waals surface area contributed by atoms with E-state index in [2.05, 4.69) is 17.4 Å². The number of amides is 2. The summed E-state index contributed by atoms with van der Waals surface area (Å²) < 4.78 is 5.26. The zero-order chi connectivity index (χ0) is 32.1. The van der Waals surface area contributed by atoms with Crippen molar-refractivity contribution in [2.24, 2.45) is 5.92 Å². The topological polar surface area (TPSA) is 109 Å². The highest BCUT2D eigenvalue weighted by Gasteiger charge is 2.27. The number of aromatic nitrogens is 1. The standard InChI is InChI=1S/C37H41N3O5S/c41-34(42)25-45-33-20-14-28(15-21-33)23-40(37(44)31-12-5-2-6-13-31)24-32-26-46-36(39-32)30-18-16-29(17-19-30)35(43)38-22-8-7-11-27-9-3-1-4-10-27/h1,3-4,9-10,14-21,26,31H,2,5-8,11-13,22-25H2,(H,38,43)(H,41,42). The van der Waals surface area contributed by atoms with Gasteiger partial charge in [-0.05, 0) is 67.5 Å². The second-order valence-electron chi connectivity index (χ2n) is 11.8. The predicted octanol–water partition coefficient (Wildman–Crippen LogP) is 7.14. The van der Waals surface area contributed by atoms with Crippen molar-refractivity contribution in [1.29, 1.82) is 0 Å². The van der Waals surface area contributed by atoms with Crippen LogP contribution in [-0.2, 0) is 29.1 Å². The van der Waals surface area contributed by atoms with E-state index < -0.39 is 12.6 Å². The second kappa shape index (κ2) is 16.7. The number of thiazole rings is 1. The van der Waals surface area contributed by atoms with E-state index in [1.165, 1.54) is 23.3 Å². The largest absolute Gasteiger partial charge is 0.482 e. The molecule has 4 aromatic rings. The van der Waals surface area contributed by atoms with Crippen LogP contribution in [0.2, 0.25) is 0 Å². The van der Waals surface area contributed by atoms with Gasteiger partial charge in [-0.2, -0.15) is 0 Å². The molecule has 9 heteroatoms. The van der Waals surface area contributed by atoms with E-state index in [4.69, 9.17) is 14.8 Å². The number of benzene rings is 3. The van der Waals surface area contributed by atoms with Crippen LogP contribution < -0.4 is 10.1 Å². The number of hydrogen-bond donors (Lipinski definition) is 2. The van der Waals surface area contributed by atoms with E-state index in [0.29, 0.717) is 30.9 Å². The van der Waals surface area contributed by atoms with Crippen LogP contribution >= 0.6 is 11.3 Å². The zero-order valence-corrected chi connectivity index (χ0v) is 26.8. The number of rotatable bonds is 15. The van der Waals surface area contributed by atoms with E-state index in [-0.39, 0.29) is 17.7 Å². The van der Waals surface area contributed by atoms with Crippen LogP contribution in [0.4, 0.5) is 0 Å². The molecule has 240 valence electrons. The van der Waals surface area contributed by atoms with Crippen LogP contribution in [-0.4, -0.2) is 45.9 Å². The Morgan fingerprint density at radius 3 is 2.33 bits per heavy atom. The smallest absolute Gasteiger partial charge is 0.341 e. The van der Waals surface area contributed by atoms with Crippen LogP contribution in [0.25, 0.3) is 10.6 Å². The minimum Gasteiger partial charge on any atom is -0.482 e. The van der Waals surface area contributed by atoms with Crippen molar-refractivity contribution in [2.45, 2.75) is 64.5 Å². The molecule has 5 rings (SSSR count). The number of unbranched alkanes of at least 4 members (excludes halogenated alkanes) is 1. The summed E-state index contributed by atoms with van der Waals surface area (Å²) in [6, 6.07) is 25.1. The highest BCUT2D eigenvalue weighted by atomic mass is 32.1.